The third-order valence-electron chi connectivity index (χ3n) is 2.80. The number of nitrogens with zero attached hydrogens (tertiary/aromatic N) is 2. The van der Waals surface area contributed by atoms with Gasteiger partial charge in [-0.1, -0.05) is 16.8 Å². The van der Waals surface area contributed by atoms with Crippen LogP contribution in [0.15, 0.2) is 22.7 Å². The number of rotatable bonds is 6. The third-order valence-corrected chi connectivity index (χ3v) is 3.68. The van der Waals surface area contributed by atoms with E-state index in [1.54, 1.807) is 37.1 Å². The lowest BCUT2D eigenvalue weighted by atomic mass is 10.2. The SMILES string of the molecule is COc1cc(Cl)ccc1-c1noc([C@H](N)CCSC)n1. The molecule has 1 heterocycles. The van der Waals surface area contributed by atoms with Gasteiger partial charge in [0.05, 0.1) is 18.7 Å². The van der Waals surface area contributed by atoms with Crippen molar-refractivity contribution in [1.29, 1.82) is 0 Å². The first kappa shape index (κ1) is 15.2. The molecule has 0 spiro atoms. The van der Waals surface area contributed by atoms with Gasteiger partial charge in [0.2, 0.25) is 11.7 Å². The van der Waals surface area contributed by atoms with Crippen molar-refractivity contribution in [3.05, 3.63) is 29.1 Å². The summed E-state index contributed by atoms with van der Waals surface area (Å²) in [6.45, 7) is 0. The zero-order valence-corrected chi connectivity index (χ0v) is 12.9. The highest BCUT2D eigenvalue weighted by Gasteiger charge is 2.17. The lowest BCUT2D eigenvalue weighted by Gasteiger charge is -2.05. The summed E-state index contributed by atoms with van der Waals surface area (Å²) < 4.78 is 10.5. The van der Waals surface area contributed by atoms with Gasteiger partial charge in [-0.25, -0.2) is 0 Å². The van der Waals surface area contributed by atoms with Crippen molar-refractivity contribution in [2.75, 3.05) is 19.1 Å². The van der Waals surface area contributed by atoms with Gasteiger partial charge in [0.25, 0.3) is 0 Å². The van der Waals surface area contributed by atoms with Gasteiger partial charge in [-0.15, -0.1) is 0 Å². The molecule has 2 N–H and O–H groups in total. The number of methoxy groups -OCH3 is 1. The van der Waals surface area contributed by atoms with Crippen LogP contribution in [0.5, 0.6) is 5.75 Å². The maximum absolute atomic E-state index is 6.01. The normalized spacial score (nSPS) is 12.4. The number of thioether (sulfide) groups is 1. The smallest absolute Gasteiger partial charge is 0.243 e. The van der Waals surface area contributed by atoms with Gasteiger partial charge in [-0.2, -0.15) is 16.7 Å². The summed E-state index contributed by atoms with van der Waals surface area (Å²) in [5.74, 6) is 2.44. The van der Waals surface area contributed by atoms with Crippen LogP contribution in [-0.4, -0.2) is 29.3 Å². The summed E-state index contributed by atoms with van der Waals surface area (Å²) in [7, 11) is 1.57. The Morgan fingerprint density at radius 3 is 3.00 bits per heavy atom. The van der Waals surface area contributed by atoms with E-state index in [-0.39, 0.29) is 6.04 Å². The van der Waals surface area contributed by atoms with Crippen molar-refractivity contribution >= 4 is 23.4 Å². The third kappa shape index (κ3) is 3.45. The number of benzene rings is 1. The van der Waals surface area contributed by atoms with Crippen molar-refractivity contribution in [1.82, 2.24) is 10.1 Å². The van der Waals surface area contributed by atoms with Gasteiger partial charge in [0, 0.05) is 5.02 Å². The average Bonchev–Trinajstić information content (AvgIpc) is 2.94. The minimum atomic E-state index is -0.248. The molecule has 0 fully saturated rings. The van der Waals surface area contributed by atoms with Gasteiger partial charge >= 0.3 is 0 Å². The molecule has 0 amide bonds. The molecule has 0 bridgehead atoms. The molecule has 1 atom stereocenters. The van der Waals surface area contributed by atoms with E-state index in [0.29, 0.717) is 22.5 Å². The molecule has 1 aromatic heterocycles. The number of aromatic nitrogens is 2. The number of hydrogen-bond acceptors (Lipinski definition) is 6. The standard InChI is InChI=1S/C13H16ClN3O2S/c1-18-11-7-8(14)3-4-9(11)12-16-13(19-17-12)10(15)5-6-20-2/h3-4,7,10H,5-6,15H2,1-2H3/t10-/m1/s1. The van der Waals surface area contributed by atoms with Crippen LogP contribution in [0.4, 0.5) is 0 Å². The van der Waals surface area contributed by atoms with E-state index in [1.165, 1.54) is 0 Å². The molecule has 2 rings (SSSR count). The van der Waals surface area contributed by atoms with Crippen LogP contribution in [0.3, 0.4) is 0 Å². The average molecular weight is 314 g/mol. The summed E-state index contributed by atoms with van der Waals surface area (Å²) in [5, 5.41) is 4.55. The Morgan fingerprint density at radius 1 is 1.50 bits per heavy atom. The molecule has 0 unspecified atom stereocenters. The zero-order valence-electron chi connectivity index (χ0n) is 11.3. The second kappa shape index (κ2) is 6.97. The van der Waals surface area contributed by atoms with Gasteiger partial charge < -0.3 is 15.0 Å². The zero-order chi connectivity index (χ0) is 14.5. The Balaban J connectivity index is 2.24. The van der Waals surface area contributed by atoms with Crippen LogP contribution < -0.4 is 10.5 Å². The molecule has 5 nitrogen and oxygen atoms in total. The summed E-state index contributed by atoms with van der Waals surface area (Å²) >= 11 is 7.66. The highest BCUT2D eigenvalue weighted by atomic mass is 35.5. The Morgan fingerprint density at radius 2 is 2.30 bits per heavy atom. The molecule has 20 heavy (non-hydrogen) atoms. The Bertz CT molecular complexity index is 576. The molecule has 0 aliphatic rings. The minimum absolute atomic E-state index is 0.248. The second-order valence-corrected chi connectivity index (χ2v) is 5.61. The fraction of sp³-hybridized carbons (Fsp3) is 0.385. The van der Waals surface area contributed by atoms with Gasteiger partial charge in [0.15, 0.2) is 0 Å². The lowest BCUT2D eigenvalue weighted by Crippen LogP contribution is -2.11. The van der Waals surface area contributed by atoms with E-state index < -0.39 is 0 Å². The Hall–Kier alpha value is -1.24. The largest absolute Gasteiger partial charge is 0.496 e. The van der Waals surface area contributed by atoms with Crippen molar-refractivity contribution in [3.63, 3.8) is 0 Å². The maximum Gasteiger partial charge on any atom is 0.243 e. The minimum Gasteiger partial charge on any atom is -0.496 e. The van der Waals surface area contributed by atoms with Crippen molar-refractivity contribution < 1.29 is 9.26 Å². The van der Waals surface area contributed by atoms with Crippen molar-refractivity contribution in [2.24, 2.45) is 5.73 Å². The van der Waals surface area contributed by atoms with Crippen LogP contribution in [0.1, 0.15) is 18.4 Å². The quantitative estimate of drug-likeness (QED) is 0.883. The summed E-state index contributed by atoms with van der Waals surface area (Å²) in [5.41, 5.74) is 6.73. The second-order valence-electron chi connectivity index (χ2n) is 4.19. The molecule has 0 saturated carbocycles. The highest BCUT2D eigenvalue weighted by molar-refractivity contribution is 7.98. The van der Waals surface area contributed by atoms with Crippen molar-refractivity contribution in [2.45, 2.75) is 12.5 Å². The number of nitrogens with two attached hydrogens (primary N) is 1. The summed E-state index contributed by atoms with van der Waals surface area (Å²) in [6.07, 6.45) is 2.82. The van der Waals surface area contributed by atoms with E-state index in [2.05, 4.69) is 10.1 Å². The summed E-state index contributed by atoms with van der Waals surface area (Å²) in [6, 6.07) is 5.01. The molecule has 2 aromatic rings. The first-order chi connectivity index (χ1) is 9.65. The molecule has 0 aliphatic carbocycles. The molecule has 0 saturated heterocycles. The monoisotopic (exact) mass is 313 g/mol. The molecule has 0 aliphatic heterocycles. The first-order valence-corrected chi connectivity index (χ1v) is 7.85. The Labute approximate surface area is 126 Å². The fourth-order valence-electron chi connectivity index (χ4n) is 1.71. The van der Waals surface area contributed by atoms with Gasteiger partial charge in [0.1, 0.15) is 5.75 Å². The fourth-order valence-corrected chi connectivity index (χ4v) is 2.37. The van der Waals surface area contributed by atoms with E-state index in [4.69, 9.17) is 26.6 Å². The van der Waals surface area contributed by atoms with Gasteiger partial charge in [-0.3, -0.25) is 0 Å². The van der Waals surface area contributed by atoms with E-state index in [0.717, 1.165) is 17.7 Å². The Kier molecular flexibility index (Phi) is 5.28. The van der Waals surface area contributed by atoms with Crippen LogP contribution in [0, 0.1) is 0 Å². The molecular weight excluding hydrogens is 298 g/mol. The van der Waals surface area contributed by atoms with Crippen LogP contribution in [0.2, 0.25) is 5.02 Å². The van der Waals surface area contributed by atoms with Gasteiger partial charge in [-0.05, 0) is 36.6 Å². The molecule has 1 aromatic carbocycles. The maximum atomic E-state index is 6.01. The van der Waals surface area contributed by atoms with E-state index in [9.17, 15) is 0 Å². The molecule has 108 valence electrons. The van der Waals surface area contributed by atoms with Crippen LogP contribution >= 0.6 is 23.4 Å². The topological polar surface area (TPSA) is 74.2 Å². The molecule has 0 radical (unpaired) electrons. The summed E-state index contributed by atoms with van der Waals surface area (Å²) in [4.78, 5) is 4.34. The number of ether oxygens (including phenoxy) is 1. The van der Waals surface area contributed by atoms with Crippen LogP contribution in [-0.2, 0) is 0 Å². The predicted molar refractivity (Wildman–Crippen MR) is 81.2 cm³/mol. The first-order valence-electron chi connectivity index (χ1n) is 6.07. The molecule has 7 heteroatoms. The number of hydrogen-bond donors (Lipinski definition) is 1. The van der Waals surface area contributed by atoms with E-state index in [1.807, 2.05) is 6.26 Å². The number of halogens is 1. The lowest BCUT2D eigenvalue weighted by molar-refractivity contribution is 0.352. The highest BCUT2D eigenvalue weighted by Crippen LogP contribution is 2.31. The van der Waals surface area contributed by atoms with Crippen LogP contribution in [0.25, 0.3) is 11.4 Å². The predicted octanol–water partition coefficient (Wildman–Crippen LogP) is 3.15. The molecular formula is C13H16ClN3O2S. The van der Waals surface area contributed by atoms with Crippen molar-refractivity contribution in [3.8, 4) is 17.1 Å². The van der Waals surface area contributed by atoms with E-state index >= 15 is 0 Å².